The number of fused-ring (bicyclic) bond motifs is 5. The van der Waals surface area contributed by atoms with Crippen LogP contribution in [0.4, 0.5) is 18.0 Å². The second-order valence-corrected chi connectivity index (χ2v) is 20.0. The van der Waals surface area contributed by atoms with Gasteiger partial charge in [0.2, 0.25) is 21.8 Å². The zero-order valence-electron chi connectivity index (χ0n) is 33.8. The van der Waals surface area contributed by atoms with Gasteiger partial charge in [0.25, 0.3) is 5.91 Å². The number of carbonyl (C=O) groups is 4. The third kappa shape index (κ3) is 8.24. The molecule has 8 rings (SSSR count). The van der Waals surface area contributed by atoms with E-state index in [-0.39, 0.29) is 38.3 Å². The topological polar surface area (TPSA) is 182 Å². The molecule has 1 aromatic carbocycles. The quantitative estimate of drug-likeness (QED) is 0.295. The zero-order chi connectivity index (χ0) is 42.7. The molecule has 2 aromatic rings. The van der Waals surface area contributed by atoms with Crippen LogP contribution in [0.25, 0.3) is 10.9 Å². The number of aryl methyl sites for hydroxylation is 2. The first-order valence-electron chi connectivity index (χ1n) is 21.1. The molecule has 4 fully saturated rings. The molecule has 4 heterocycles. The van der Waals surface area contributed by atoms with Gasteiger partial charge in [-0.05, 0) is 116 Å². The number of rotatable bonds is 6. The highest BCUT2D eigenvalue weighted by Gasteiger charge is 2.59. The first-order valence-corrected chi connectivity index (χ1v) is 22.6. The molecule has 3 saturated carbocycles. The maximum absolute atomic E-state index is 14.9. The van der Waals surface area contributed by atoms with Gasteiger partial charge in [0.15, 0.2) is 0 Å². The Morgan fingerprint density at radius 2 is 1.77 bits per heavy atom. The van der Waals surface area contributed by atoms with Crippen LogP contribution in [0.1, 0.15) is 114 Å². The van der Waals surface area contributed by atoms with Crippen LogP contribution >= 0.6 is 0 Å². The van der Waals surface area contributed by atoms with E-state index in [0.29, 0.717) is 66.4 Å². The lowest BCUT2D eigenvalue weighted by Gasteiger charge is -2.48. The molecule has 18 heteroatoms. The number of carbonyl (C=O) groups excluding carboxylic acids is 4. The predicted molar refractivity (Wildman–Crippen MR) is 211 cm³/mol. The maximum Gasteiger partial charge on any atom is 0.573 e. The molecular weight excluding hydrogens is 808 g/mol. The second-order valence-electron chi connectivity index (χ2n) is 17.8. The van der Waals surface area contributed by atoms with Gasteiger partial charge in [-0.2, -0.15) is 0 Å². The highest BCUT2D eigenvalue weighted by Crippen LogP contribution is 2.47. The van der Waals surface area contributed by atoms with E-state index >= 15 is 0 Å². The molecule has 1 saturated heterocycles. The average molecular weight is 860 g/mol. The van der Waals surface area contributed by atoms with Crippen LogP contribution in [0.2, 0.25) is 0 Å². The summed E-state index contributed by atoms with van der Waals surface area (Å²) in [6.45, 7) is 3.19. The van der Waals surface area contributed by atoms with Crippen molar-refractivity contribution in [2.24, 2.45) is 5.92 Å². The van der Waals surface area contributed by atoms with Crippen LogP contribution in [0.5, 0.6) is 11.5 Å². The molecule has 1 aromatic heterocycles. The van der Waals surface area contributed by atoms with Gasteiger partial charge in [0.05, 0.1) is 22.5 Å². The van der Waals surface area contributed by atoms with Crippen molar-refractivity contribution < 1.29 is 55.0 Å². The smallest absolute Gasteiger partial charge is 0.483 e. The van der Waals surface area contributed by atoms with Crippen molar-refractivity contribution in [1.82, 2.24) is 25.2 Å². The highest BCUT2D eigenvalue weighted by atomic mass is 32.2. The number of hydrogen-bond acceptors (Lipinski definition) is 10. The number of alkyl carbamates (subject to hydrolysis) is 1. The minimum Gasteiger partial charge on any atom is -0.483 e. The van der Waals surface area contributed by atoms with E-state index in [9.17, 15) is 40.8 Å². The lowest BCUT2D eigenvalue weighted by Crippen LogP contribution is -2.70. The lowest BCUT2D eigenvalue weighted by molar-refractivity contribution is -0.274. The minimum absolute atomic E-state index is 0.0352. The van der Waals surface area contributed by atoms with E-state index in [1.54, 1.807) is 13.8 Å². The number of hydrogen-bond donors (Lipinski definition) is 3. The number of allylic oxidation sites excluding steroid dienone is 1. The number of benzene rings is 1. The first kappa shape index (κ1) is 42.1. The molecule has 4 amide bonds. The van der Waals surface area contributed by atoms with Gasteiger partial charge in [-0.15, -0.1) is 13.2 Å². The van der Waals surface area contributed by atoms with Crippen LogP contribution in [-0.4, -0.2) is 89.1 Å². The summed E-state index contributed by atoms with van der Waals surface area (Å²) in [4.78, 5) is 63.1. The first-order chi connectivity index (χ1) is 28.4. The molecule has 326 valence electrons. The maximum atomic E-state index is 14.9. The Hall–Kier alpha value is -4.61. The molecule has 3 aliphatic carbocycles. The van der Waals surface area contributed by atoms with Crippen molar-refractivity contribution in [2.45, 2.75) is 157 Å². The molecular formula is C42H52F3N5O9S. The van der Waals surface area contributed by atoms with E-state index in [2.05, 4.69) is 25.1 Å². The Bertz CT molecular complexity index is 2210. The molecule has 0 radical (unpaired) electrons. The van der Waals surface area contributed by atoms with Crippen molar-refractivity contribution in [2.75, 3.05) is 6.54 Å². The van der Waals surface area contributed by atoms with Gasteiger partial charge in [-0.3, -0.25) is 19.1 Å². The van der Waals surface area contributed by atoms with Crippen molar-refractivity contribution in [3.8, 4) is 11.5 Å². The normalized spacial score (nSPS) is 30.0. The highest BCUT2D eigenvalue weighted by molar-refractivity contribution is 7.91. The molecule has 14 nitrogen and oxygen atoms in total. The standard InChI is InChI=1S/C42H52F3N5O9S/c1-25-34-29(30-22-28(58-42(43,44)45)14-15-31(30)46-25)17-18-40(59-34)23-33-35(51)48-41(37(53)49-60(55,56)39(2)20-21-39)19-16-26(41)10-6-4-3-5-7-13-32(36(52)50(33)24-40)47-38(54)57-27-11-8-9-12-27/h6,10,14-15,22,26-27,32-33H,3-5,7-9,11-13,16-21,23-24H2,1-2H3,(H,47,54)(H,48,51)(H,49,53)/b10-6-/t26-,32+,33+,40-,41-/m1/s1. The molecule has 3 aliphatic heterocycles. The monoisotopic (exact) mass is 859 g/mol. The fourth-order valence-electron chi connectivity index (χ4n) is 9.57. The van der Waals surface area contributed by atoms with Crippen molar-refractivity contribution in [3.05, 3.63) is 41.6 Å². The summed E-state index contributed by atoms with van der Waals surface area (Å²) in [6.07, 6.45) is 6.24. The van der Waals surface area contributed by atoms with Gasteiger partial charge >= 0.3 is 12.5 Å². The second kappa shape index (κ2) is 15.7. The molecule has 5 atom stereocenters. The number of halogens is 3. The largest absolute Gasteiger partial charge is 0.573 e. The fourth-order valence-corrected chi connectivity index (χ4v) is 10.9. The van der Waals surface area contributed by atoms with Gasteiger partial charge in [-0.1, -0.05) is 25.0 Å². The molecule has 0 unspecified atom stereocenters. The van der Waals surface area contributed by atoms with E-state index in [1.165, 1.54) is 23.1 Å². The Balaban J connectivity index is 1.14. The summed E-state index contributed by atoms with van der Waals surface area (Å²) >= 11 is 0. The number of nitrogens with zero attached hydrogens (tertiary/aromatic N) is 2. The number of ether oxygens (including phenoxy) is 3. The summed E-state index contributed by atoms with van der Waals surface area (Å²) in [5.41, 5.74) is -1.28. The van der Waals surface area contributed by atoms with Crippen LogP contribution in [0.15, 0.2) is 30.4 Å². The molecule has 0 bridgehead atoms. The van der Waals surface area contributed by atoms with Crippen LogP contribution in [0, 0.1) is 12.8 Å². The molecule has 3 N–H and O–H groups in total. The summed E-state index contributed by atoms with van der Waals surface area (Å²) in [5.74, 6) is -2.65. The third-order valence-corrected chi connectivity index (χ3v) is 15.7. The summed E-state index contributed by atoms with van der Waals surface area (Å²) in [5, 5.41) is 6.15. The van der Waals surface area contributed by atoms with Crippen molar-refractivity contribution >= 4 is 44.7 Å². The number of alkyl halides is 3. The van der Waals surface area contributed by atoms with Gasteiger partial charge in [0.1, 0.15) is 40.8 Å². The minimum atomic E-state index is -4.91. The Kier molecular flexibility index (Phi) is 11.0. The molecule has 6 aliphatic rings. The fraction of sp³-hybridized carbons (Fsp3) is 0.643. The lowest BCUT2D eigenvalue weighted by atomic mass is 9.65. The average Bonchev–Trinajstić information content (AvgIpc) is 3.55. The summed E-state index contributed by atoms with van der Waals surface area (Å²) in [6, 6.07) is 1.63. The van der Waals surface area contributed by atoms with Crippen molar-refractivity contribution in [3.63, 3.8) is 0 Å². The molecule has 60 heavy (non-hydrogen) atoms. The summed E-state index contributed by atoms with van der Waals surface area (Å²) < 4.78 is 84.1. The van der Waals surface area contributed by atoms with E-state index in [4.69, 9.17) is 9.47 Å². The Labute approximate surface area is 346 Å². The number of pyridine rings is 1. The van der Waals surface area contributed by atoms with Gasteiger partial charge in [0, 0.05) is 23.3 Å². The zero-order valence-corrected chi connectivity index (χ0v) is 34.6. The Morgan fingerprint density at radius 3 is 2.47 bits per heavy atom. The number of amides is 4. The van der Waals surface area contributed by atoms with E-state index in [0.717, 1.165) is 38.5 Å². The van der Waals surface area contributed by atoms with Crippen LogP contribution in [0.3, 0.4) is 0 Å². The SMILES string of the molecule is Cc1nc2ccc(OC(F)(F)F)cc2c2c1O[C@]1(CC2)C[C@H]2C(=O)N[C@]3(C(=O)NS(=O)(=O)C4(C)CC4)CC[C@H]3/C=C\CCCCC[C@H](NC(=O)OC3CCCC3)C(=O)N2C1. The predicted octanol–water partition coefficient (Wildman–Crippen LogP) is 5.93. The number of sulfonamides is 1. The Morgan fingerprint density at radius 1 is 1.02 bits per heavy atom. The van der Waals surface area contributed by atoms with Crippen LogP contribution in [-0.2, 0) is 35.6 Å². The van der Waals surface area contributed by atoms with Gasteiger partial charge < -0.3 is 29.7 Å². The number of nitrogens with one attached hydrogen (secondary N) is 3. The van der Waals surface area contributed by atoms with Crippen molar-refractivity contribution in [1.29, 1.82) is 0 Å². The van der Waals surface area contributed by atoms with Crippen LogP contribution < -0.4 is 24.8 Å². The van der Waals surface area contributed by atoms with Gasteiger partial charge in [-0.25, -0.2) is 18.2 Å². The third-order valence-electron chi connectivity index (χ3n) is 13.5. The van der Waals surface area contributed by atoms with E-state index in [1.807, 2.05) is 12.2 Å². The molecule has 1 spiro atoms. The number of aromatic nitrogens is 1. The summed E-state index contributed by atoms with van der Waals surface area (Å²) in [7, 11) is -4.06. The van der Waals surface area contributed by atoms with E-state index < -0.39 is 79.8 Å².